The average molecular weight is 534 g/mol. The molecule has 11 heteroatoms. The molecule has 0 amide bonds. The van der Waals surface area contributed by atoms with Gasteiger partial charge in [0, 0.05) is 16.9 Å². The first-order valence-electron chi connectivity index (χ1n) is 11.5. The molecular weight excluding hydrogens is 502 g/mol. The van der Waals surface area contributed by atoms with Gasteiger partial charge in [0.1, 0.15) is 5.75 Å². The van der Waals surface area contributed by atoms with Gasteiger partial charge in [0.05, 0.1) is 19.4 Å². The molecule has 35 heavy (non-hydrogen) atoms. The van der Waals surface area contributed by atoms with E-state index in [-0.39, 0.29) is 30.3 Å². The summed E-state index contributed by atoms with van der Waals surface area (Å²) in [6.45, 7) is 2.00. The first-order valence-corrected chi connectivity index (χ1v) is 14.2. The van der Waals surface area contributed by atoms with Gasteiger partial charge in [-0.05, 0) is 54.8 Å². The molecule has 2 aromatic rings. The van der Waals surface area contributed by atoms with Crippen LogP contribution in [0.5, 0.6) is 5.75 Å². The van der Waals surface area contributed by atoms with E-state index in [0.29, 0.717) is 36.0 Å². The van der Waals surface area contributed by atoms with Crippen LogP contribution in [-0.2, 0) is 21.3 Å². The summed E-state index contributed by atoms with van der Waals surface area (Å²) in [4.78, 5) is 18.2. The molecule has 194 valence electrons. The largest absolute Gasteiger partial charge is 0.573 e. The number of rotatable bonds is 14. The van der Waals surface area contributed by atoms with E-state index >= 15 is 0 Å². The van der Waals surface area contributed by atoms with Gasteiger partial charge in [0.25, 0.3) is 0 Å². The molecule has 1 aliphatic rings. The Morgan fingerprint density at radius 1 is 1.09 bits per heavy atom. The zero-order valence-corrected chi connectivity index (χ0v) is 21.0. The Morgan fingerprint density at radius 3 is 2.46 bits per heavy atom. The standard InChI is InChI=1S/C24H31F3NO5PS/c25-24(26,27)33-21-15-19(16-28-12-6-13-34(29,30)31)9-10-22(21)35-14-5-4-11-23(17-32-18-23)20-7-2-1-3-8-20/h1-3,7-10,15,28H,4-6,11-14,16-18H2,(H2,29,30,31). The van der Waals surface area contributed by atoms with Crippen LogP contribution in [0.1, 0.15) is 36.8 Å². The van der Waals surface area contributed by atoms with E-state index in [0.717, 1.165) is 19.3 Å². The van der Waals surface area contributed by atoms with Crippen LogP contribution in [0.4, 0.5) is 13.2 Å². The Kier molecular flexibility index (Phi) is 10.1. The second-order valence-corrected chi connectivity index (χ2v) is 11.6. The molecule has 0 unspecified atom stereocenters. The van der Waals surface area contributed by atoms with Crippen LogP contribution in [0.15, 0.2) is 53.4 Å². The predicted molar refractivity (Wildman–Crippen MR) is 130 cm³/mol. The minimum atomic E-state index is -4.79. The monoisotopic (exact) mass is 533 g/mol. The van der Waals surface area contributed by atoms with Gasteiger partial charge in [0.2, 0.25) is 0 Å². The first kappa shape index (κ1) is 28.0. The molecule has 0 saturated carbocycles. The van der Waals surface area contributed by atoms with Crippen molar-refractivity contribution < 1.29 is 37.0 Å². The van der Waals surface area contributed by atoms with Crippen LogP contribution < -0.4 is 10.1 Å². The van der Waals surface area contributed by atoms with Crippen molar-refractivity contribution in [3.8, 4) is 5.75 Å². The lowest BCUT2D eigenvalue weighted by atomic mass is 9.75. The van der Waals surface area contributed by atoms with Crippen molar-refractivity contribution in [3.05, 3.63) is 59.7 Å². The van der Waals surface area contributed by atoms with E-state index in [9.17, 15) is 17.7 Å². The minimum Gasteiger partial charge on any atom is -0.405 e. The van der Waals surface area contributed by atoms with Crippen molar-refractivity contribution in [2.45, 2.75) is 48.9 Å². The maximum atomic E-state index is 13.0. The molecule has 0 bridgehead atoms. The summed E-state index contributed by atoms with van der Waals surface area (Å²) in [6, 6.07) is 15.0. The molecule has 1 heterocycles. The number of hydrogen-bond acceptors (Lipinski definition) is 5. The maximum absolute atomic E-state index is 13.0. The molecule has 0 radical (unpaired) electrons. The maximum Gasteiger partial charge on any atom is 0.573 e. The molecular formula is C24H31F3NO5PS. The van der Waals surface area contributed by atoms with E-state index < -0.39 is 14.0 Å². The van der Waals surface area contributed by atoms with Crippen molar-refractivity contribution in [2.75, 3.05) is 31.7 Å². The lowest BCUT2D eigenvalue weighted by Gasteiger charge is -2.42. The van der Waals surface area contributed by atoms with Crippen molar-refractivity contribution in [1.29, 1.82) is 0 Å². The van der Waals surface area contributed by atoms with E-state index in [1.54, 1.807) is 12.1 Å². The summed E-state index contributed by atoms with van der Waals surface area (Å²) in [5.41, 5.74) is 1.90. The molecule has 1 aliphatic heterocycles. The molecule has 0 aromatic heterocycles. The van der Waals surface area contributed by atoms with Crippen molar-refractivity contribution in [3.63, 3.8) is 0 Å². The Labute approximate surface area is 207 Å². The van der Waals surface area contributed by atoms with Gasteiger partial charge in [-0.25, -0.2) is 0 Å². The van der Waals surface area contributed by atoms with Crippen molar-refractivity contribution >= 4 is 19.4 Å². The van der Waals surface area contributed by atoms with Gasteiger partial charge in [-0.3, -0.25) is 4.57 Å². The average Bonchev–Trinajstić information content (AvgIpc) is 2.75. The Balaban J connectivity index is 1.49. The summed E-state index contributed by atoms with van der Waals surface area (Å²) in [5.74, 6) is 0.435. The molecule has 2 aromatic carbocycles. The zero-order valence-electron chi connectivity index (χ0n) is 19.3. The van der Waals surface area contributed by atoms with Crippen LogP contribution in [0.2, 0.25) is 0 Å². The Hall–Kier alpha value is -1.55. The van der Waals surface area contributed by atoms with Gasteiger partial charge in [-0.2, -0.15) is 0 Å². The van der Waals surface area contributed by atoms with Crippen LogP contribution in [0.3, 0.4) is 0 Å². The fourth-order valence-electron chi connectivity index (χ4n) is 3.97. The lowest BCUT2D eigenvalue weighted by molar-refractivity contribution is -0.275. The smallest absolute Gasteiger partial charge is 0.405 e. The Bertz CT molecular complexity index is 983. The fourth-order valence-corrected chi connectivity index (χ4v) is 5.52. The third-order valence-corrected chi connectivity index (χ3v) is 7.86. The number of ether oxygens (including phenoxy) is 2. The number of nitrogens with one attached hydrogen (secondary N) is 1. The second kappa shape index (κ2) is 12.6. The summed E-state index contributed by atoms with van der Waals surface area (Å²) >= 11 is 1.34. The van der Waals surface area contributed by atoms with Gasteiger partial charge in [0.15, 0.2) is 0 Å². The molecule has 6 nitrogen and oxygen atoms in total. The molecule has 0 spiro atoms. The second-order valence-electron chi connectivity index (χ2n) is 8.69. The highest BCUT2D eigenvalue weighted by atomic mass is 32.2. The lowest BCUT2D eigenvalue weighted by Crippen LogP contribution is -2.46. The van der Waals surface area contributed by atoms with E-state index in [2.05, 4.69) is 22.2 Å². The highest BCUT2D eigenvalue weighted by Crippen LogP contribution is 2.39. The Morgan fingerprint density at radius 2 is 1.83 bits per heavy atom. The summed E-state index contributed by atoms with van der Waals surface area (Å²) in [6.07, 6.45) is -2.00. The number of alkyl halides is 3. The van der Waals surface area contributed by atoms with Gasteiger partial charge < -0.3 is 24.6 Å². The van der Waals surface area contributed by atoms with Gasteiger partial charge >= 0.3 is 14.0 Å². The molecule has 3 rings (SSSR count). The SMILES string of the molecule is O=P(O)(O)CCCNCc1ccc(SCCCCC2(c3ccccc3)COC2)c(OC(F)(F)F)c1. The van der Waals surface area contributed by atoms with Crippen molar-refractivity contribution in [1.82, 2.24) is 5.32 Å². The zero-order chi connectivity index (χ0) is 25.4. The summed E-state index contributed by atoms with van der Waals surface area (Å²) in [5, 5.41) is 2.99. The molecule has 1 fully saturated rings. The molecule has 1 saturated heterocycles. The molecule has 0 aliphatic carbocycles. The van der Waals surface area contributed by atoms with Crippen LogP contribution in [-0.4, -0.2) is 47.8 Å². The summed E-state index contributed by atoms with van der Waals surface area (Å²) < 4.78 is 59.5. The number of benzene rings is 2. The van der Waals surface area contributed by atoms with Crippen LogP contribution in [0, 0.1) is 0 Å². The predicted octanol–water partition coefficient (Wildman–Crippen LogP) is 5.47. The third kappa shape index (κ3) is 9.44. The van der Waals surface area contributed by atoms with Crippen molar-refractivity contribution in [2.24, 2.45) is 0 Å². The number of hydrogen-bond donors (Lipinski definition) is 3. The van der Waals surface area contributed by atoms with Gasteiger partial charge in [-0.1, -0.05) is 42.8 Å². The number of unbranched alkanes of at least 4 members (excludes halogenated alkanes) is 1. The fraction of sp³-hybridized carbons (Fsp3) is 0.500. The molecule has 3 N–H and O–H groups in total. The van der Waals surface area contributed by atoms with Crippen LogP contribution >= 0.6 is 19.4 Å². The molecule has 0 atom stereocenters. The van der Waals surface area contributed by atoms with Crippen LogP contribution in [0.25, 0.3) is 0 Å². The quantitative estimate of drug-likeness (QED) is 0.169. The normalized spacial score (nSPS) is 15.6. The highest BCUT2D eigenvalue weighted by molar-refractivity contribution is 7.99. The number of halogens is 3. The first-order chi connectivity index (χ1) is 16.6. The highest BCUT2D eigenvalue weighted by Gasteiger charge is 2.39. The van der Waals surface area contributed by atoms with E-state index in [4.69, 9.17) is 14.5 Å². The van der Waals surface area contributed by atoms with E-state index in [1.807, 2.05) is 18.2 Å². The third-order valence-electron chi connectivity index (χ3n) is 5.82. The number of thioether (sulfide) groups is 1. The topological polar surface area (TPSA) is 88.0 Å². The summed E-state index contributed by atoms with van der Waals surface area (Å²) in [7, 11) is -4.05. The minimum absolute atomic E-state index is 0.0381. The van der Waals surface area contributed by atoms with Gasteiger partial charge in [-0.15, -0.1) is 24.9 Å². The van der Waals surface area contributed by atoms with E-state index in [1.165, 1.54) is 23.4 Å².